The molecule has 2 aromatic rings. The second kappa shape index (κ2) is 4.33. The van der Waals surface area contributed by atoms with E-state index >= 15 is 0 Å². The Kier molecular flexibility index (Phi) is 3.02. The number of aryl methyl sites for hydroxylation is 2. The van der Waals surface area contributed by atoms with E-state index in [0.717, 1.165) is 0 Å². The van der Waals surface area contributed by atoms with Gasteiger partial charge in [0.15, 0.2) is 0 Å². The Balaban J connectivity index is 2.55. The minimum Gasteiger partial charge on any atom is -0.493 e. The SMILES string of the molecule is Cc1nn(C)c(O)c1C(=O)c1ccccc1Br. The Morgan fingerprint density at radius 1 is 1.41 bits per heavy atom. The summed E-state index contributed by atoms with van der Waals surface area (Å²) in [5, 5.41) is 13.8. The van der Waals surface area contributed by atoms with Crippen LogP contribution in [0.5, 0.6) is 5.88 Å². The minimum atomic E-state index is -0.236. The highest BCUT2D eigenvalue weighted by Crippen LogP contribution is 2.26. The number of halogens is 1. The van der Waals surface area contributed by atoms with Gasteiger partial charge in [-0.3, -0.25) is 4.79 Å². The van der Waals surface area contributed by atoms with Gasteiger partial charge in [-0.15, -0.1) is 0 Å². The highest BCUT2D eigenvalue weighted by Gasteiger charge is 2.22. The molecule has 17 heavy (non-hydrogen) atoms. The highest BCUT2D eigenvalue weighted by atomic mass is 79.9. The van der Waals surface area contributed by atoms with Crippen molar-refractivity contribution in [3.8, 4) is 5.88 Å². The Morgan fingerprint density at radius 3 is 2.59 bits per heavy atom. The molecule has 0 atom stereocenters. The Hall–Kier alpha value is -1.62. The average Bonchev–Trinajstić information content (AvgIpc) is 2.53. The quantitative estimate of drug-likeness (QED) is 0.866. The number of ketones is 1. The normalized spacial score (nSPS) is 10.5. The molecule has 4 nitrogen and oxygen atoms in total. The van der Waals surface area contributed by atoms with Crippen LogP contribution in [0.15, 0.2) is 28.7 Å². The number of benzene rings is 1. The number of carbonyl (C=O) groups excluding carboxylic acids is 1. The van der Waals surface area contributed by atoms with Crippen LogP contribution < -0.4 is 0 Å². The molecular weight excluding hydrogens is 284 g/mol. The number of rotatable bonds is 2. The zero-order valence-electron chi connectivity index (χ0n) is 9.44. The van der Waals surface area contributed by atoms with Crippen LogP contribution in [0.25, 0.3) is 0 Å². The van der Waals surface area contributed by atoms with Gasteiger partial charge in [0.25, 0.3) is 0 Å². The number of hydrogen-bond donors (Lipinski definition) is 1. The molecule has 0 bridgehead atoms. The molecule has 0 fully saturated rings. The van der Waals surface area contributed by atoms with Gasteiger partial charge in [-0.2, -0.15) is 5.10 Å². The molecule has 88 valence electrons. The molecule has 0 amide bonds. The van der Waals surface area contributed by atoms with Crippen LogP contribution >= 0.6 is 15.9 Å². The first-order chi connectivity index (χ1) is 8.02. The maximum atomic E-state index is 12.3. The topological polar surface area (TPSA) is 55.1 Å². The third kappa shape index (κ3) is 1.98. The maximum absolute atomic E-state index is 12.3. The third-order valence-corrected chi connectivity index (χ3v) is 3.23. The smallest absolute Gasteiger partial charge is 0.220 e. The predicted octanol–water partition coefficient (Wildman–Crippen LogP) is 2.43. The Labute approximate surface area is 107 Å². The number of aromatic nitrogens is 2. The summed E-state index contributed by atoms with van der Waals surface area (Å²) in [7, 11) is 1.60. The molecule has 0 aliphatic rings. The largest absolute Gasteiger partial charge is 0.493 e. The van der Waals surface area contributed by atoms with E-state index in [-0.39, 0.29) is 17.2 Å². The summed E-state index contributed by atoms with van der Waals surface area (Å²) in [5.74, 6) is -0.344. The van der Waals surface area contributed by atoms with Crippen molar-refractivity contribution in [3.63, 3.8) is 0 Å². The van der Waals surface area contributed by atoms with Crippen LogP contribution in [-0.2, 0) is 7.05 Å². The lowest BCUT2D eigenvalue weighted by Gasteiger charge is -2.03. The summed E-state index contributed by atoms with van der Waals surface area (Å²) in [4.78, 5) is 12.3. The van der Waals surface area contributed by atoms with E-state index in [1.54, 1.807) is 32.2 Å². The molecule has 0 saturated heterocycles. The summed E-state index contributed by atoms with van der Waals surface area (Å²) < 4.78 is 1.99. The summed E-state index contributed by atoms with van der Waals surface area (Å²) in [6, 6.07) is 7.10. The van der Waals surface area contributed by atoms with Gasteiger partial charge in [-0.1, -0.05) is 28.1 Å². The standard InChI is InChI=1S/C12H11BrN2O2/c1-7-10(12(17)15(2)14-7)11(16)8-5-3-4-6-9(8)13/h3-6,17H,1-2H3. The van der Waals surface area contributed by atoms with Crippen LogP contribution in [0, 0.1) is 6.92 Å². The van der Waals surface area contributed by atoms with Gasteiger partial charge >= 0.3 is 0 Å². The molecule has 0 radical (unpaired) electrons. The fourth-order valence-corrected chi connectivity index (χ4v) is 2.16. The molecule has 0 aliphatic heterocycles. The summed E-state index contributed by atoms with van der Waals surface area (Å²) in [6.07, 6.45) is 0. The van der Waals surface area contributed by atoms with Gasteiger partial charge < -0.3 is 5.11 Å². The molecule has 0 spiro atoms. The van der Waals surface area contributed by atoms with Crippen molar-refractivity contribution >= 4 is 21.7 Å². The van der Waals surface area contributed by atoms with E-state index < -0.39 is 0 Å². The predicted molar refractivity (Wildman–Crippen MR) is 67.2 cm³/mol. The first-order valence-electron chi connectivity index (χ1n) is 5.04. The Morgan fingerprint density at radius 2 is 2.06 bits per heavy atom. The minimum absolute atomic E-state index is 0.108. The zero-order valence-corrected chi connectivity index (χ0v) is 11.0. The van der Waals surface area contributed by atoms with Gasteiger partial charge in [-0.25, -0.2) is 4.68 Å². The van der Waals surface area contributed by atoms with E-state index in [1.807, 2.05) is 6.07 Å². The monoisotopic (exact) mass is 294 g/mol. The lowest BCUT2D eigenvalue weighted by Crippen LogP contribution is -2.03. The van der Waals surface area contributed by atoms with Gasteiger partial charge in [-0.05, 0) is 19.1 Å². The van der Waals surface area contributed by atoms with Crippen LogP contribution in [0.2, 0.25) is 0 Å². The van der Waals surface area contributed by atoms with E-state index in [9.17, 15) is 9.90 Å². The Bertz CT molecular complexity index is 590. The van der Waals surface area contributed by atoms with E-state index in [4.69, 9.17) is 0 Å². The third-order valence-electron chi connectivity index (χ3n) is 2.54. The highest BCUT2D eigenvalue weighted by molar-refractivity contribution is 9.10. The molecule has 2 rings (SSSR count). The number of nitrogens with zero attached hydrogens (tertiary/aromatic N) is 2. The van der Waals surface area contributed by atoms with Crippen molar-refractivity contribution in [2.24, 2.45) is 7.05 Å². The van der Waals surface area contributed by atoms with E-state index in [1.165, 1.54) is 4.68 Å². The molecule has 1 N–H and O–H groups in total. The second-order valence-electron chi connectivity index (χ2n) is 3.72. The van der Waals surface area contributed by atoms with E-state index in [0.29, 0.717) is 15.7 Å². The average molecular weight is 295 g/mol. The van der Waals surface area contributed by atoms with Crippen molar-refractivity contribution in [1.82, 2.24) is 9.78 Å². The molecule has 0 unspecified atom stereocenters. The molecule has 1 aromatic heterocycles. The van der Waals surface area contributed by atoms with Crippen LogP contribution in [0.4, 0.5) is 0 Å². The molecule has 0 aliphatic carbocycles. The van der Waals surface area contributed by atoms with Crippen LogP contribution in [0.3, 0.4) is 0 Å². The summed E-state index contributed by atoms with van der Waals surface area (Å²) >= 11 is 3.32. The second-order valence-corrected chi connectivity index (χ2v) is 4.57. The number of aromatic hydroxyl groups is 1. The molecule has 1 heterocycles. The van der Waals surface area contributed by atoms with Crippen LogP contribution in [0.1, 0.15) is 21.6 Å². The summed E-state index contributed by atoms with van der Waals surface area (Å²) in [5.41, 5.74) is 1.28. The van der Waals surface area contributed by atoms with Gasteiger partial charge in [0.1, 0.15) is 5.56 Å². The first kappa shape index (κ1) is 11.9. The first-order valence-corrected chi connectivity index (χ1v) is 5.83. The van der Waals surface area contributed by atoms with Gasteiger partial charge in [0, 0.05) is 17.1 Å². The van der Waals surface area contributed by atoms with Crippen molar-refractivity contribution in [3.05, 3.63) is 45.6 Å². The van der Waals surface area contributed by atoms with Crippen molar-refractivity contribution in [1.29, 1.82) is 0 Å². The van der Waals surface area contributed by atoms with Gasteiger partial charge in [0.05, 0.1) is 5.69 Å². The molecule has 0 saturated carbocycles. The molecule has 5 heteroatoms. The number of carbonyl (C=O) groups is 1. The zero-order chi connectivity index (χ0) is 12.6. The fourth-order valence-electron chi connectivity index (χ4n) is 1.69. The lowest BCUT2D eigenvalue weighted by molar-refractivity contribution is 0.103. The van der Waals surface area contributed by atoms with Crippen molar-refractivity contribution < 1.29 is 9.90 Å². The molecular formula is C12H11BrN2O2. The molecule has 1 aromatic carbocycles. The number of hydrogen-bond acceptors (Lipinski definition) is 3. The lowest BCUT2D eigenvalue weighted by atomic mass is 10.0. The van der Waals surface area contributed by atoms with Gasteiger partial charge in [0.2, 0.25) is 11.7 Å². The fraction of sp³-hybridized carbons (Fsp3) is 0.167. The van der Waals surface area contributed by atoms with Crippen LogP contribution in [-0.4, -0.2) is 20.7 Å². The maximum Gasteiger partial charge on any atom is 0.220 e. The van der Waals surface area contributed by atoms with Crippen molar-refractivity contribution in [2.45, 2.75) is 6.92 Å². The van der Waals surface area contributed by atoms with E-state index in [2.05, 4.69) is 21.0 Å². The summed E-state index contributed by atoms with van der Waals surface area (Å²) in [6.45, 7) is 1.70. The van der Waals surface area contributed by atoms with Crippen molar-refractivity contribution in [2.75, 3.05) is 0 Å².